The van der Waals surface area contributed by atoms with E-state index in [-0.39, 0.29) is 18.6 Å². The topological polar surface area (TPSA) is 64.6 Å². The number of benzene rings is 1. The van der Waals surface area contributed by atoms with Crippen molar-refractivity contribution in [3.05, 3.63) is 35.4 Å². The first kappa shape index (κ1) is 18.0. The highest BCUT2D eigenvalue weighted by atomic mass is 19.4. The van der Waals surface area contributed by atoms with Gasteiger partial charge in [-0.1, -0.05) is 18.2 Å². The molecule has 0 saturated carbocycles. The maximum Gasteiger partial charge on any atom is 0.416 e. The highest BCUT2D eigenvalue weighted by Crippen LogP contribution is 2.32. The SMILES string of the molecule is COCC(=O)N[C@@H](Cc1ccccc1C(F)(F)F)C(=O)OC. The average Bonchev–Trinajstić information content (AvgIpc) is 2.45. The summed E-state index contributed by atoms with van der Waals surface area (Å²) in [5.74, 6) is -1.45. The Kier molecular flexibility index (Phi) is 6.36. The quantitative estimate of drug-likeness (QED) is 0.808. The van der Waals surface area contributed by atoms with Crippen LogP contribution in [-0.2, 0) is 31.7 Å². The molecular weight excluding hydrogens is 303 g/mol. The van der Waals surface area contributed by atoms with Crippen LogP contribution >= 0.6 is 0 Å². The molecule has 0 saturated heterocycles. The van der Waals surface area contributed by atoms with Gasteiger partial charge < -0.3 is 14.8 Å². The molecule has 8 heteroatoms. The zero-order valence-corrected chi connectivity index (χ0v) is 12.1. The second-order valence-corrected chi connectivity index (χ2v) is 4.44. The minimum Gasteiger partial charge on any atom is -0.467 e. The Balaban J connectivity index is 3.00. The first-order valence-electron chi connectivity index (χ1n) is 6.30. The molecule has 1 atom stereocenters. The molecule has 0 spiro atoms. The predicted molar refractivity (Wildman–Crippen MR) is 71.0 cm³/mol. The highest BCUT2D eigenvalue weighted by molar-refractivity contribution is 5.85. The van der Waals surface area contributed by atoms with Crippen LogP contribution in [-0.4, -0.2) is 38.7 Å². The maximum absolute atomic E-state index is 12.9. The summed E-state index contributed by atoms with van der Waals surface area (Å²) in [6.45, 7) is -0.311. The molecule has 0 aromatic heterocycles. The monoisotopic (exact) mass is 319 g/mol. The number of halogens is 3. The minimum absolute atomic E-state index is 0.108. The van der Waals surface area contributed by atoms with Gasteiger partial charge in [0.2, 0.25) is 5.91 Å². The number of rotatable bonds is 6. The lowest BCUT2D eigenvalue weighted by molar-refractivity contribution is -0.146. The van der Waals surface area contributed by atoms with Gasteiger partial charge in [0, 0.05) is 13.5 Å². The van der Waals surface area contributed by atoms with Crippen LogP contribution < -0.4 is 5.32 Å². The number of amides is 1. The molecule has 1 rings (SSSR count). The summed E-state index contributed by atoms with van der Waals surface area (Å²) in [6, 6.07) is 3.62. The fourth-order valence-electron chi connectivity index (χ4n) is 1.90. The van der Waals surface area contributed by atoms with Crippen LogP contribution in [0.2, 0.25) is 0 Å². The minimum atomic E-state index is -4.55. The molecule has 0 aliphatic heterocycles. The molecule has 1 N–H and O–H groups in total. The van der Waals surface area contributed by atoms with Crippen molar-refractivity contribution < 1.29 is 32.2 Å². The lowest BCUT2D eigenvalue weighted by atomic mass is 9.99. The van der Waals surface area contributed by atoms with Gasteiger partial charge in [-0.2, -0.15) is 13.2 Å². The van der Waals surface area contributed by atoms with Crippen molar-refractivity contribution in [2.45, 2.75) is 18.6 Å². The molecule has 1 amide bonds. The van der Waals surface area contributed by atoms with Crippen molar-refractivity contribution in [3.8, 4) is 0 Å². The Morgan fingerprint density at radius 1 is 1.23 bits per heavy atom. The average molecular weight is 319 g/mol. The molecule has 1 aromatic carbocycles. The van der Waals surface area contributed by atoms with E-state index in [9.17, 15) is 22.8 Å². The molecule has 0 unspecified atom stereocenters. The fraction of sp³-hybridized carbons (Fsp3) is 0.429. The molecule has 5 nitrogen and oxygen atoms in total. The summed E-state index contributed by atoms with van der Waals surface area (Å²) in [6.07, 6.45) is -4.88. The van der Waals surface area contributed by atoms with Gasteiger partial charge in [-0.25, -0.2) is 4.79 Å². The van der Waals surface area contributed by atoms with Gasteiger partial charge >= 0.3 is 12.1 Å². The van der Waals surface area contributed by atoms with Gasteiger partial charge in [0.25, 0.3) is 0 Å². The summed E-state index contributed by atoms with van der Waals surface area (Å²) in [7, 11) is 2.37. The van der Waals surface area contributed by atoms with E-state index in [0.29, 0.717) is 0 Å². The molecule has 0 radical (unpaired) electrons. The van der Waals surface area contributed by atoms with Gasteiger partial charge in [-0.05, 0) is 11.6 Å². The van der Waals surface area contributed by atoms with Crippen LogP contribution in [0.5, 0.6) is 0 Å². The maximum atomic E-state index is 12.9. The number of alkyl halides is 3. The fourth-order valence-corrected chi connectivity index (χ4v) is 1.90. The molecule has 0 bridgehead atoms. The van der Waals surface area contributed by atoms with Gasteiger partial charge in [-0.15, -0.1) is 0 Å². The summed E-state index contributed by atoms with van der Waals surface area (Å²) in [5.41, 5.74) is -0.965. The predicted octanol–water partition coefficient (Wildman–Crippen LogP) is 1.55. The Hall–Kier alpha value is -2.09. The first-order chi connectivity index (χ1) is 10.3. The van der Waals surface area contributed by atoms with Crippen molar-refractivity contribution in [3.63, 3.8) is 0 Å². The summed E-state index contributed by atoms with van der Waals surface area (Å²) in [4.78, 5) is 23.1. The number of carbonyl (C=O) groups is 2. The smallest absolute Gasteiger partial charge is 0.416 e. The van der Waals surface area contributed by atoms with E-state index in [1.54, 1.807) is 0 Å². The van der Waals surface area contributed by atoms with Gasteiger partial charge in [0.1, 0.15) is 12.6 Å². The van der Waals surface area contributed by atoms with E-state index in [1.807, 2.05) is 0 Å². The molecule has 1 aromatic rings. The Morgan fingerprint density at radius 3 is 2.41 bits per heavy atom. The second-order valence-electron chi connectivity index (χ2n) is 4.44. The number of hydrogen-bond acceptors (Lipinski definition) is 4. The number of carbonyl (C=O) groups excluding carboxylic acids is 2. The molecule has 0 heterocycles. The van der Waals surface area contributed by atoms with Crippen molar-refractivity contribution in [2.75, 3.05) is 20.8 Å². The van der Waals surface area contributed by atoms with Gasteiger partial charge in [-0.3, -0.25) is 4.79 Å². The summed E-state index contributed by atoms with van der Waals surface area (Å²) >= 11 is 0. The van der Waals surface area contributed by atoms with Crippen LogP contribution in [0.4, 0.5) is 13.2 Å². The normalized spacial score (nSPS) is 12.6. The van der Waals surface area contributed by atoms with E-state index in [1.165, 1.54) is 25.3 Å². The lowest BCUT2D eigenvalue weighted by Gasteiger charge is -2.19. The Labute approximate surface area is 125 Å². The van der Waals surface area contributed by atoms with Crippen molar-refractivity contribution >= 4 is 11.9 Å². The number of methoxy groups -OCH3 is 2. The Bertz CT molecular complexity index is 531. The van der Waals surface area contributed by atoms with Crippen molar-refractivity contribution in [1.82, 2.24) is 5.32 Å². The van der Waals surface area contributed by atoms with Gasteiger partial charge in [0.05, 0.1) is 12.7 Å². The number of nitrogens with one attached hydrogen (secondary N) is 1. The van der Waals surface area contributed by atoms with Crippen LogP contribution in [0.15, 0.2) is 24.3 Å². The summed E-state index contributed by atoms with van der Waals surface area (Å²) < 4.78 is 47.9. The first-order valence-corrected chi connectivity index (χ1v) is 6.30. The van der Waals surface area contributed by atoms with E-state index >= 15 is 0 Å². The third-order valence-electron chi connectivity index (χ3n) is 2.84. The van der Waals surface area contributed by atoms with E-state index < -0.39 is 29.7 Å². The molecule has 0 fully saturated rings. The number of hydrogen-bond donors (Lipinski definition) is 1. The zero-order valence-electron chi connectivity index (χ0n) is 12.1. The van der Waals surface area contributed by atoms with Crippen LogP contribution in [0.1, 0.15) is 11.1 Å². The van der Waals surface area contributed by atoms with Gasteiger partial charge in [0.15, 0.2) is 0 Å². The van der Waals surface area contributed by atoms with Crippen LogP contribution in [0.25, 0.3) is 0 Å². The zero-order chi connectivity index (χ0) is 16.8. The Morgan fingerprint density at radius 2 is 1.86 bits per heavy atom. The highest BCUT2D eigenvalue weighted by Gasteiger charge is 2.34. The third kappa shape index (κ3) is 5.03. The standard InChI is InChI=1S/C14H16F3NO4/c1-21-8-12(19)18-11(13(20)22-2)7-9-5-3-4-6-10(9)14(15,16)17/h3-6,11H,7-8H2,1-2H3,(H,18,19)/t11-/m0/s1. The van der Waals surface area contributed by atoms with E-state index in [2.05, 4.69) is 14.8 Å². The second kappa shape index (κ2) is 7.79. The summed E-state index contributed by atoms with van der Waals surface area (Å²) in [5, 5.41) is 2.29. The molecule has 0 aliphatic rings. The number of esters is 1. The molecule has 22 heavy (non-hydrogen) atoms. The van der Waals surface area contributed by atoms with Crippen molar-refractivity contribution in [1.29, 1.82) is 0 Å². The largest absolute Gasteiger partial charge is 0.467 e. The molecule has 122 valence electrons. The third-order valence-corrected chi connectivity index (χ3v) is 2.84. The van der Waals surface area contributed by atoms with E-state index in [4.69, 9.17) is 0 Å². The molecule has 0 aliphatic carbocycles. The van der Waals surface area contributed by atoms with Crippen LogP contribution in [0.3, 0.4) is 0 Å². The lowest BCUT2D eigenvalue weighted by Crippen LogP contribution is -2.44. The number of ether oxygens (including phenoxy) is 2. The van der Waals surface area contributed by atoms with E-state index in [0.717, 1.165) is 13.2 Å². The van der Waals surface area contributed by atoms with Crippen molar-refractivity contribution in [2.24, 2.45) is 0 Å². The molecular formula is C14H16F3NO4. The van der Waals surface area contributed by atoms with Crippen LogP contribution in [0, 0.1) is 0 Å².